The smallest absolute Gasteiger partial charge is 0.357 e. The van der Waals surface area contributed by atoms with Crippen LogP contribution in [0, 0.1) is 16.0 Å². The maximum Gasteiger partial charge on any atom is 0.357 e. The lowest BCUT2D eigenvalue weighted by molar-refractivity contribution is -0.385. The van der Waals surface area contributed by atoms with Gasteiger partial charge in [0, 0.05) is 38.1 Å². The van der Waals surface area contributed by atoms with Gasteiger partial charge in [-0.05, 0) is 37.0 Å². The summed E-state index contributed by atoms with van der Waals surface area (Å²) >= 11 is 0. The molecule has 2 fully saturated rings. The molecule has 3 heterocycles. The number of fused-ring (bicyclic) bond motifs is 1. The van der Waals surface area contributed by atoms with Crippen molar-refractivity contribution in [2.45, 2.75) is 26.8 Å². The highest BCUT2D eigenvalue weighted by atomic mass is 16.6. The number of piperazine rings is 1. The van der Waals surface area contributed by atoms with E-state index in [9.17, 15) is 19.7 Å². The first-order chi connectivity index (χ1) is 15.0. The highest BCUT2D eigenvalue weighted by molar-refractivity contribution is 5.97. The van der Waals surface area contributed by atoms with Crippen LogP contribution >= 0.6 is 0 Å². The molecule has 0 unspecified atom stereocenters. The Bertz CT molecular complexity index is 1210. The van der Waals surface area contributed by atoms with Crippen molar-refractivity contribution in [1.82, 2.24) is 9.47 Å². The van der Waals surface area contributed by atoms with E-state index in [-0.39, 0.29) is 24.8 Å². The molecule has 32 heavy (non-hydrogen) atoms. The molecule has 0 radical (unpaired) electrons. The van der Waals surface area contributed by atoms with Crippen LogP contribution in [0.25, 0.3) is 10.9 Å². The molecule has 1 aromatic carbocycles. The number of amides is 1. The lowest BCUT2D eigenvalue weighted by Gasteiger charge is -2.36. The van der Waals surface area contributed by atoms with Crippen molar-refractivity contribution in [3.8, 4) is 0 Å². The highest BCUT2D eigenvalue weighted by Gasteiger charge is 2.33. The second-order valence-electron chi connectivity index (χ2n) is 8.09. The molecule has 1 aliphatic heterocycles. The minimum absolute atomic E-state index is 0. The standard InChI is InChI=1S/C22H22N4O5.CH4/c27-21(18-6-3-13-31-18)24-11-9-23(10-12-24)19-16-4-1-2-5-17(16)25(14-15-7-8-15)22(28)20(19)26(29)30;/h1-6,13,15H,7-12,14H2;1H4. The largest absolute Gasteiger partial charge is 0.459 e. The average molecular weight is 438 g/mol. The molecular weight excluding hydrogens is 412 g/mol. The lowest BCUT2D eigenvalue weighted by atomic mass is 10.1. The molecule has 1 aliphatic carbocycles. The summed E-state index contributed by atoms with van der Waals surface area (Å²) in [7, 11) is 0. The van der Waals surface area contributed by atoms with Crippen molar-refractivity contribution in [2.75, 3.05) is 31.1 Å². The fourth-order valence-corrected chi connectivity index (χ4v) is 4.29. The third-order valence-electron chi connectivity index (χ3n) is 6.06. The van der Waals surface area contributed by atoms with Gasteiger partial charge in [0.05, 0.1) is 16.7 Å². The molecule has 1 amide bonds. The molecular formula is C23H26N4O5. The van der Waals surface area contributed by atoms with Crippen LogP contribution in [0.3, 0.4) is 0 Å². The summed E-state index contributed by atoms with van der Waals surface area (Å²) in [4.78, 5) is 40.7. The number of hydrogen-bond donors (Lipinski definition) is 0. The number of benzene rings is 1. The van der Waals surface area contributed by atoms with Crippen molar-refractivity contribution in [1.29, 1.82) is 0 Å². The minimum atomic E-state index is -0.562. The van der Waals surface area contributed by atoms with Gasteiger partial charge in [0.2, 0.25) is 0 Å². The Morgan fingerprint density at radius 2 is 1.81 bits per heavy atom. The first kappa shape index (κ1) is 21.6. The van der Waals surface area contributed by atoms with Crippen molar-refractivity contribution in [3.05, 3.63) is 68.9 Å². The van der Waals surface area contributed by atoms with E-state index in [1.54, 1.807) is 21.6 Å². The predicted octanol–water partition coefficient (Wildman–Crippen LogP) is 3.51. The first-order valence-electron chi connectivity index (χ1n) is 10.4. The average Bonchev–Trinajstić information content (AvgIpc) is 3.43. The van der Waals surface area contributed by atoms with Gasteiger partial charge in [-0.25, -0.2) is 0 Å². The van der Waals surface area contributed by atoms with Crippen LogP contribution < -0.4 is 10.5 Å². The SMILES string of the molecule is C.O=C(c1ccco1)N1CCN(c2c([N+](=O)[O-])c(=O)n(CC3CC3)c3ccccc23)CC1. The third kappa shape index (κ3) is 3.74. The summed E-state index contributed by atoms with van der Waals surface area (Å²) in [5, 5.41) is 12.7. The minimum Gasteiger partial charge on any atom is -0.459 e. The number of aromatic nitrogens is 1. The van der Waals surface area contributed by atoms with Gasteiger partial charge in [0.25, 0.3) is 5.91 Å². The van der Waals surface area contributed by atoms with Gasteiger partial charge in [-0.2, -0.15) is 0 Å². The molecule has 9 nitrogen and oxygen atoms in total. The normalized spacial score (nSPS) is 16.1. The van der Waals surface area contributed by atoms with Crippen LogP contribution in [-0.4, -0.2) is 46.5 Å². The molecule has 0 spiro atoms. The van der Waals surface area contributed by atoms with Gasteiger partial charge in [0.1, 0.15) is 5.69 Å². The topological polar surface area (TPSA) is 102 Å². The number of anilines is 1. The second-order valence-corrected chi connectivity index (χ2v) is 8.09. The number of para-hydroxylation sites is 1. The fourth-order valence-electron chi connectivity index (χ4n) is 4.29. The van der Waals surface area contributed by atoms with Crippen LogP contribution in [-0.2, 0) is 6.54 Å². The molecule has 2 aliphatic rings. The van der Waals surface area contributed by atoms with Crippen molar-refractivity contribution >= 4 is 28.2 Å². The third-order valence-corrected chi connectivity index (χ3v) is 6.06. The number of pyridine rings is 1. The summed E-state index contributed by atoms with van der Waals surface area (Å²) in [6.45, 7) is 2.06. The summed E-state index contributed by atoms with van der Waals surface area (Å²) < 4.78 is 6.76. The number of carbonyl (C=O) groups is 1. The lowest BCUT2D eigenvalue weighted by Crippen LogP contribution is -2.49. The van der Waals surface area contributed by atoms with E-state index in [0.29, 0.717) is 55.2 Å². The Morgan fingerprint density at radius 1 is 1.09 bits per heavy atom. The Kier molecular flexibility index (Phi) is 5.73. The summed E-state index contributed by atoms with van der Waals surface area (Å²) in [6, 6.07) is 10.6. The zero-order valence-corrected chi connectivity index (χ0v) is 16.9. The van der Waals surface area contributed by atoms with Crippen LogP contribution in [0.5, 0.6) is 0 Å². The molecule has 3 aromatic rings. The van der Waals surface area contributed by atoms with E-state index >= 15 is 0 Å². The van der Waals surface area contributed by atoms with E-state index in [0.717, 1.165) is 12.8 Å². The van der Waals surface area contributed by atoms with E-state index in [1.165, 1.54) is 6.26 Å². The van der Waals surface area contributed by atoms with Crippen molar-refractivity contribution in [3.63, 3.8) is 0 Å². The summed E-state index contributed by atoms with van der Waals surface area (Å²) in [5.74, 6) is 0.471. The summed E-state index contributed by atoms with van der Waals surface area (Å²) in [5.41, 5.74) is 0.127. The zero-order chi connectivity index (χ0) is 21.5. The van der Waals surface area contributed by atoms with E-state index < -0.39 is 10.5 Å². The quantitative estimate of drug-likeness (QED) is 0.446. The molecule has 1 saturated carbocycles. The van der Waals surface area contributed by atoms with Gasteiger partial charge in [-0.15, -0.1) is 0 Å². The molecule has 1 saturated heterocycles. The zero-order valence-electron chi connectivity index (χ0n) is 16.9. The highest BCUT2D eigenvalue weighted by Crippen LogP contribution is 2.36. The number of nitro groups is 1. The number of nitrogens with zero attached hydrogens (tertiary/aromatic N) is 4. The van der Waals surface area contributed by atoms with E-state index in [2.05, 4.69) is 0 Å². The molecule has 0 atom stereocenters. The monoisotopic (exact) mass is 438 g/mol. The van der Waals surface area contributed by atoms with Crippen LogP contribution in [0.2, 0.25) is 0 Å². The maximum absolute atomic E-state index is 13.2. The number of furan rings is 1. The Balaban J connectivity index is 0.00000245. The van der Waals surface area contributed by atoms with Gasteiger partial charge < -0.3 is 18.8 Å². The number of rotatable bonds is 5. The van der Waals surface area contributed by atoms with Gasteiger partial charge in [0.15, 0.2) is 5.76 Å². The molecule has 0 N–H and O–H groups in total. The molecule has 9 heteroatoms. The first-order valence-corrected chi connectivity index (χ1v) is 10.4. The summed E-state index contributed by atoms with van der Waals surface area (Å²) in [6.07, 6.45) is 3.54. The predicted molar refractivity (Wildman–Crippen MR) is 121 cm³/mol. The Labute approximate surface area is 185 Å². The molecule has 168 valence electrons. The fraction of sp³-hybridized carbons (Fsp3) is 0.391. The molecule has 5 rings (SSSR count). The van der Waals surface area contributed by atoms with Gasteiger partial charge >= 0.3 is 11.2 Å². The number of carbonyl (C=O) groups excluding carboxylic acids is 1. The van der Waals surface area contributed by atoms with Gasteiger partial charge in [-0.3, -0.25) is 19.7 Å². The van der Waals surface area contributed by atoms with Crippen molar-refractivity contribution in [2.24, 2.45) is 5.92 Å². The van der Waals surface area contributed by atoms with Crippen LogP contribution in [0.4, 0.5) is 11.4 Å². The number of hydrogen-bond acceptors (Lipinski definition) is 6. The van der Waals surface area contributed by atoms with Crippen LogP contribution in [0.1, 0.15) is 30.8 Å². The second kappa shape index (κ2) is 8.49. The molecule has 2 aromatic heterocycles. The maximum atomic E-state index is 13.2. The molecule has 0 bridgehead atoms. The Morgan fingerprint density at radius 3 is 2.44 bits per heavy atom. The van der Waals surface area contributed by atoms with Crippen LogP contribution in [0.15, 0.2) is 51.9 Å². The Hall–Kier alpha value is -3.62. The van der Waals surface area contributed by atoms with E-state index in [1.807, 2.05) is 29.2 Å². The van der Waals surface area contributed by atoms with Crippen molar-refractivity contribution < 1.29 is 14.1 Å². The van der Waals surface area contributed by atoms with Gasteiger partial charge in [-0.1, -0.05) is 25.6 Å². The van der Waals surface area contributed by atoms with E-state index in [4.69, 9.17) is 4.42 Å².